The average molecular weight is 286 g/mol. The lowest BCUT2D eigenvalue weighted by Gasteiger charge is -2.27. The number of hydrogen-bond donors (Lipinski definition) is 2. The standard InChI is InChI=1S/C13H22N2O3S/c1-8(14)3-2-4-11(16)15-10(13(17)18)7-19-12(15)9-5-6-9/h8-10,12H,2-7,14H2,1H3,(H,17,18). The van der Waals surface area contributed by atoms with Gasteiger partial charge in [-0.1, -0.05) is 0 Å². The summed E-state index contributed by atoms with van der Waals surface area (Å²) in [5.74, 6) is 0.132. The first-order valence-electron chi connectivity index (χ1n) is 6.92. The van der Waals surface area contributed by atoms with Crippen LogP contribution in [0.4, 0.5) is 0 Å². The van der Waals surface area contributed by atoms with E-state index in [1.165, 1.54) is 0 Å². The molecular formula is C13H22N2O3S. The highest BCUT2D eigenvalue weighted by Gasteiger charge is 2.47. The molecule has 1 aliphatic carbocycles. The van der Waals surface area contributed by atoms with Gasteiger partial charge in [-0.25, -0.2) is 4.79 Å². The lowest BCUT2D eigenvalue weighted by atomic mass is 10.1. The van der Waals surface area contributed by atoms with E-state index in [4.69, 9.17) is 5.73 Å². The van der Waals surface area contributed by atoms with Gasteiger partial charge in [0.1, 0.15) is 6.04 Å². The minimum Gasteiger partial charge on any atom is -0.480 e. The van der Waals surface area contributed by atoms with Crippen molar-refractivity contribution < 1.29 is 14.7 Å². The Hall–Kier alpha value is -0.750. The van der Waals surface area contributed by atoms with Gasteiger partial charge in [0.2, 0.25) is 5.91 Å². The maximum Gasteiger partial charge on any atom is 0.327 e. The highest BCUT2D eigenvalue weighted by molar-refractivity contribution is 8.00. The molecule has 3 unspecified atom stereocenters. The predicted octanol–water partition coefficient (Wildman–Crippen LogP) is 1.27. The first-order chi connectivity index (χ1) is 9.00. The average Bonchev–Trinajstić information content (AvgIpc) is 3.06. The Morgan fingerprint density at radius 1 is 1.47 bits per heavy atom. The van der Waals surface area contributed by atoms with Crippen molar-refractivity contribution in [2.24, 2.45) is 11.7 Å². The van der Waals surface area contributed by atoms with Gasteiger partial charge in [0.15, 0.2) is 0 Å². The van der Waals surface area contributed by atoms with Crippen LogP contribution in [0.3, 0.4) is 0 Å². The van der Waals surface area contributed by atoms with Crippen LogP contribution in [0, 0.1) is 5.92 Å². The summed E-state index contributed by atoms with van der Waals surface area (Å²) < 4.78 is 0. The van der Waals surface area contributed by atoms with E-state index in [-0.39, 0.29) is 17.3 Å². The molecule has 0 bridgehead atoms. The zero-order valence-electron chi connectivity index (χ0n) is 11.2. The van der Waals surface area contributed by atoms with Crippen LogP contribution in [0.25, 0.3) is 0 Å². The van der Waals surface area contributed by atoms with Gasteiger partial charge in [-0.05, 0) is 38.5 Å². The highest BCUT2D eigenvalue weighted by atomic mass is 32.2. The van der Waals surface area contributed by atoms with Crippen LogP contribution < -0.4 is 5.73 Å². The summed E-state index contributed by atoms with van der Waals surface area (Å²) in [5.41, 5.74) is 5.67. The minimum atomic E-state index is -0.879. The number of rotatable bonds is 6. The first-order valence-corrected chi connectivity index (χ1v) is 7.96. The number of thioether (sulfide) groups is 1. The second kappa shape index (κ2) is 6.13. The van der Waals surface area contributed by atoms with Gasteiger partial charge in [-0.3, -0.25) is 4.79 Å². The molecule has 6 heteroatoms. The van der Waals surface area contributed by atoms with Crippen molar-refractivity contribution in [3.8, 4) is 0 Å². The molecule has 108 valence electrons. The van der Waals surface area contributed by atoms with Crippen LogP contribution in [-0.2, 0) is 9.59 Å². The predicted molar refractivity (Wildman–Crippen MR) is 74.7 cm³/mol. The molecule has 1 saturated heterocycles. The van der Waals surface area contributed by atoms with E-state index < -0.39 is 12.0 Å². The highest BCUT2D eigenvalue weighted by Crippen LogP contribution is 2.45. The molecule has 0 aromatic heterocycles. The van der Waals surface area contributed by atoms with Crippen LogP contribution in [0.1, 0.15) is 39.0 Å². The zero-order valence-corrected chi connectivity index (χ0v) is 12.1. The van der Waals surface area contributed by atoms with Crippen LogP contribution in [0.5, 0.6) is 0 Å². The van der Waals surface area contributed by atoms with Crippen molar-refractivity contribution in [1.29, 1.82) is 0 Å². The smallest absolute Gasteiger partial charge is 0.327 e. The number of carbonyl (C=O) groups is 2. The van der Waals surface area contributed by atoms with Gasteiger partial charge in [-0.2, -0.15) is 0 Å². The Kier molecular flexibility index (Phi) is 4.73. The maximum atomic E-state index is 12.3. The number of nitrogens with zero attached hydrogens (tertiary/aromatic N) is 1. The van der Waals surface area contributed by atoms with E-state index in [9.17, 15) is 14.7 Å². The fraction of sp³-hybridized carbons (Fsp3) is 0.846. The second-order valence-corrected chi connectivity index (χ2v) is 6.74. The summed E-state index contributed by atoms with van der Waals surface area (Å²) in [6.07, 6.45) is 4.19. The fourth-order valence-corrected chi connectivity index (χ4v) is 4.13. The van der Waals surface area contributed by atoms with E-state index in [1.807, 2.05) is 6.92 Å². The maximum absolute atomic E-state index is 12.3. The Labute approximate surface area is 117 Å². The molecule has 3 N–H and O–H groups in total. The molecule has 0 spiro atoms. The minimum absolute atomic E-state index is 0.0186. The SMILES string of the molecule is CC(N)CCCC(=O)N1C(C(=O)O)CSC1C1CC1. The summed E-state index contributed by atoms with van der Waals surface area (Å²) in [5, 5.41) is 9.33. The van der Waals surface area contributed by atoms with E-state index >= 15 is 0 Å². The van der Waals surface area contributed by atoms with Crippen LogP contribution in [0.15, 0.2) is 0 Å². The molecule has 3 atom stereocenters. The van der Waals surface area contributed by atoms with Crippen molar-refractivity contribution in [2.45, 2.75) is 56.5 Å². The third-order valence-electron chi connectivity index (χ3n) is 3.68. The van der Waals surface area contributed by atoms with E-state index in [0.717, 1.165) is 25.7 Å². The molecule has 1 aliphatic heterocycles. The fourth-order valence-electron chi connectivity index (χ4n) is 2.48. The largest absolute Gasteiger partial charge is 0.480 e. The van der Waals surface area contributed by atoms with E-state index in [1.54, 1.807) is 16.7 Å². The summed E-state index contributed by atoms with van der Waals surface area (Å²) in [4.78, 5) is 25.2. The molecule has 1 amide bonds. The Balaban J connectivity index is 1.95. The molecule has 0 aromatic rings. The second-order valence-electron chi connectivity index (χ2n) is 5.59. The van der Waals surface area contributed by atoms with Crippen molar-refractivity contribution in [3.63, 3.8) is 0 Å². The lowest BCUT2D eigenvalue weighted by molar-refractivity contribution is -0.149. The van der Waals surface area contributed by atoms with Crippen molar-refractivity contribution >= 4 is 23.6 Å². The molecular weight excluding hydrogens is 264 g/mol. The quantitative estimate of drug-likeness (QED) is 0.768. The normalized spacial score (nSPS) is 28.4. The summed E-state index contributed by atoms with van der Waals surface area (Å²) in [6, 6.07) is -0.548. The molecule has 2 rings (SSSR count). The molecule has 0 radical (unpaired) electrons. The number of aliphatic carboxylic acids is 1. The van der Waals surface area contributed by atoms with Gasteiger partial charge in [0.05, 0.1) is 5.37 Å². The number of nitrogens with two attached hydrogens (primary N) is 1. The van der Waals surface area contributed by atoms with Gasteiger partial charge in [-0.15, -0.1) is 11.8 Å². The Morgan fingerprint density at radius 2 is 2.16 bits per heavy atom. The molecule has 1 heterocycles. The van der Waals surface area contributed by atoms with Crippen LogP contribution in [-0.4, -0.2) is 45.1 Å². The van der Waals surface area contributed by atoms with Crippen molar-refractivity contribution in [2.75, 3.05) is 5.75 Å². The number of hydrogen-bond acceptors (Lipinski definition) is 4. The summed E-state index contributed by atoms with van der Waals surface area (Å²) >= 11 is 1.63. The molecule has 5 nitrogen and oxygen atoms in total. The monoisotopic (exact) mass is 286 g/mol. The molecule has 0 aromatic carbocycles. The zero-order chi connectivity index (χ0) is 14.0. The number of carbonyl (C=O) groups excluding carboxylic acids is 1. The van der Waals surface area contributed by atoms with Gasteiger partial charge in [0, 0.05) is 18.2 Å². The number of amides is 1. The van der Waals surface area contributed by atoms with Crippen LogP contribution >= 0.6 is 11.8 Å². The summed E-state index contributed by atoms with van der Waals surface area (Å²) in [7, 11) is 0. The Bertz CT molecular complexity index is 358. The summed E-state index contributed by atoms with van der Waals surface area (Å²) in [6.45, 7) is 1.92. The lowest BCUT2D eigenvalue weighted by Crippen LogP contribution is -2.46. The van der Waals surface area contributed by atoms with Crippen molar-refractivity contribution in [3.05, 3.63) is 0 Å². The molecule has 1 saturated carbocycles. The van der Waals surface area contributed by atoms with E-state index in [0.29, 0.717) is 18.1 Å². The van der Waals surface area contributed by atoms with Crippen LogP contribution in [0.2, 0.25) is 0 Å². The topological polar surface area (TPSA) is 83.6 Å². The Morgan fingerprint density at radius 3 is 2.68 bits per heavy atom. The third-order valence-corrected chi connectivity index (χ3v) is 5.14. The first kappa shape index (κ1) is 14.7. The van der Waals surface area contributed by atoms with Crippen molar-refractivity contribution in [1.82, 2.24) is 4.90 Å². The van der Waals surface area contributed by atoms with Gasteiger partial charge in [0.25, 0.3) is 0 Å². The number of carboxylic acid groups (broad SMARTS) is 1. The van der Waals surface area contributed by atoms with Gasteiger partial charge >= 0.3 is 5.97 Å². The number of carboxylic acids is 1. The molecule has 19 heavy (non-hydrogen) atoms. The third kappa shape index (κ3) is 3.63. The van der Waals surface area contributed by atoms with Gasteiger partial charge < -0.3 is 15.7 Å². The molecule has 2 aliphatic rings. The molecule has 2 fully saturated rings. The van der Waals surface area contributed by atoms with E-state index in [2.05, 4.69) is 0 Å².